The van der Waals surface area contributed by atoms with Gasteiger partial charge in [-0.05, 0) is 19.8 Å². The summed E-state index contributed by atoms with van der Waals surface area (Å²) in [7, 11) is 0. The number of aliphatic hydroxyl groups excluding tert-OH is 1. The molecular formula is C9H16O2. The van der Waals surface area contributed by atoms with Crippen molar-refractivity contribution < 1.29 is 9.84 Å². The average molecular weight is 156 g/mol. The first kappa shape index (κ1) is 7.56. The van der Waals surface area contributed by atoms with Gasteiger partial charge in [0.25, 0.3) is 0 Å². The van der Waals surface area contributed by atoms with Crippen LogP contribution in [0.4, 0.5) is 0 Å². The molecule has 2 nitrogen and oxygen atoms in total. The fourth-order valence-electron chi connectivity index (χ4n) is 2.40. The van der Waals surface area contributed by atoms with Crippen LogP contribution in [0.3, 0.4) is 0 Å². The van der Waals surface area contributed by atoms with E-state index in [1.807, 2.05) is 6.92 Å². The molecule has 2 heteroatoms. The molecule has 0 saturated heterocycles. The summed E-state index contributed by atoms with van der Waals surface area (Å²) >= 11 is 0. The minimum absolute atomic E-state index is 0.0622. The van der Waals surface area contributed by atoms with Crippen LogP contribution < -0.4 is 0 Å². The molecule has 2 aliphatic rings. The van der Waals surface area contributed by atoms with Crippen molar-refractivity contribution in [3.8, 4) is 0 Å². The Kier molecular flexibility index (Phi) is 1.69. The highest BCUT2D eigenvalue weighted by molar-refractivity contribution is 5.08. The van der Waals surface area contributed by atoms with Gasteiger partial charge in [0, 0.05) is 18.4 Å². The lowest BCUT2D eigenvalue weighted by atomic mass is 9.52. The maximum atomic E-state index is 9.54. The van der Waals surface area contributed by atoms with E-state index in [9.17, 15) is 5.11 Å². The molecule has 0 bridgehead atoms. The molecule has 2 aliphatic carbocycles. The van der Waals surface area contributed by atoms with Crippen molar-refractivity contribution in [2.24, 2.45) is 5.41 Å². The first-order valence-electron chi connectivity index (χ1n) is 4.59. The number of ether oxygens (including phenoxy) is 1. The van der Waals surface area contributed by atoms with Gasteiger partial charge in [0.2, 0.25) is 0 Å². The predicted octanol–water partition coefficient (Wildman–Crippen LogP) is 1.33. The molecule has 0 aromatic rings. The van der Waals surface area contributed by atoms with Crippen molar-refractivity contribution in [1.29, 1.82) is 0 Å². The van der Waals surface area contributed by atoms with E-state index >= 15 is 0 Å². The number of aliphatic hydroxyl groups is 1. The van der Waals surface area contributed by atoms with E-state index in [0.29, 0.717) is 6.10 Å². The van der Waals surface area contributed by atoms with Gasteiger partial charge in [-0.25, -0.2) is 0 Å². The summed E-state index contributed by atoms with van der Waals surface area (Å²) in [6.07, 6.45) is 4.82. The summed E-state index contributed by atoms with van der Waals surface area (Å²) in [5.74, 6) is 0. The minimum Gasteiger partial charge on any atom is -0.392 e. The Labute approximate surface area is 67.6 Å². The van der Waals surface area contributed by atoms with Gasteiger partial charge in [0.05, 0.1) is 12.2 Å². The Morgan fingerprint density at radius 2 is 2.27 bits per heavy atom. The van der Waals surface area contributed by atoms with Crippen molar-refractivity contribution >= 4 is 0 Å². The predicted molar refractivity (Wildman–Crippen MR) is 42.3 cm³/mol. The normalized spacial score (nSPS) is 39.8. The third-order valence-electron chi connectivity index (χ3n) is 3.39. The second-order valence-electron chi connectivity index (χ2n) is 3.78. The van der Waals surface area contributed by atoms with Crippen molar-refractivity contribution in [2.45, 2.75) is 44.8 Å². The Bertz CT molecular complexity index is 150. The molecule has 0 unspecified atom stereocenters. The van der Waals surface area contributed by atoms with Crippen LogP contribution in [0.5, 0.6) is 0 Å². The summed E-state index contributed by atoms with van der Waals surface area (Å²) in [6.45, 7) is 2.82. The van der Waals surface area contributed by atoms with E-state index in [2.05, 4.69) is 0 Å². The van der Waals surface area contributed by atoms with Crippen molar-refractivity contribution in [2.75, 3.05) is 6.61 Å². The monoisotopic (exact) mass is 156 g/mol. The Balaban J connectivity index is 1.94. The van der Waals surface area contributed by atoms with E-state index in [-0.39, 0.29) is 11.5 Å². The summed E-state index contributed by atoms with van der Waals surface area (Å²) in [5, 5.41) is 9.54. The minimum atomic E-state index is -0.0622. The molecule has 0 aromatic carbocycles. The molecule has 2 atom stereocenters. The second-order valence-corrected chi connectivity index (χ2v) is 3.78. The second kappa shape index (κ2) is 2.46. The van der Waals surface area contributed by atoms with Crippen LogP contribution in [0.2, 0.25) is 0 Å². The quantitative estimate of drug-likeness (QED) is 0.653. The molecule has 1 spiro atoms. The zero-order valence-corrected chi connectivity index (χ0v) is 7.05. The van der Waals surface area contributed by atoms with E-state index < -0.39 is 0 Å². The zero-order valence-electron chi connectivity index (χ0n) is 7.05. The lowest BCUT2D eigenvalue weighted by molar-refractivity contribution is -0.224. The molecule has 2 rings (SSSR count). The molecule has 1 N–H and O–H groups in total. The first-order chi connectivity index (χ1) is 5.29. The number of rotatable bonds is 2. The van der Waals surface area contributed by atoms with Crippen LogP contribution in [0.1, 0.15) is 32.6 Å². The lowest BCUT2D eigenvalue weighted by Gasteiger charge is -2.58. The van der Waals surface area contributed by atoms with Crippen LogP contribution in [-0.4, -0.2) is 23.9 Å². The summed E-state index contributed by atoms with van der Waals surface area (Å²) < 4.78 is 5.55. The molecule has 64 valence electrons. The van der Waals surface area contributed by atoms with Gasteiger partial charge in [-0.15, -0.1) is 0 Å². The third kappa shape index (κ3) is 0.859. The maximum absolute atomic E-state index is 9.54. The average Bonchev–Trinajstić information content (AvgIpc) is 1.83. The third-order valence-corrected chi connectivity index (χ3v) is 3.39. The summed E-state index contributed by atoms with van der Waals surface area (Å²) in [4.78, 5) is 0. The Morgan fingerprint density at radius 1 is 1.55 bits per heavy atom. The van der Waals surface area contributed by atoms with E-state index in [1.54, 1.807) is 0 Å². The molecule has 0 heterocycles. The summed E-state index contributed by atoms with van der Waals surface area (Å²) in [5.41, 5.74) is 0.204. The SMILES string of the molecule is CCO[C@@H]1C[C@@H](O)C12CCC2. The molecule has 2 fully saturated rings. The van der Waals surface area contributed by atoms with Crippen molar-refractivity contribution in [1.82, 2.24) is 0 Å². The van der Waals surface area contributed by atoms with Crippen molar-refractivity contribution in [3.05, 3.63) is 0 Å². The maximum Gasteiger partial charge on any atom is 0.0680 e. The molecule has 0 amide bonds. The van der Waals surface area contributed by atoms with Gasteiger partial charge < -0.3 is 9.84 Å². The first-order valence-corrected chi connectivity index (χ1v) is 4.59. The van der Waals surface area contributed by atoms with Gasteiger partial charge in [-0.1, -0.05) is 6.42 Å². The lowest BCUT2D eigenvalue weighted by Crippen LogP contribution is -2.61. The standard InChI is InChI=1S/C9H16O2/c1-2-11-8-6-7(10)9(8)4-3-5-9/h7-8,10H,2-6H2,1H3/t7-,8-/m1/s1. The van der Waals surface area contributed by atoms with Gasteiger partial charge in [-0.3, -0.25) is 0 Å². The topological polar surface area (TPSA) is 29.5 Å². The highest BCUT2D eigenvalue weighted by atomic mass is 16.5. The largest absolute Gasteiger partial charge is 0.392 e. The zero-order chi connectivity index (χ0) is 7.90. The van der Waals surface area contributed by atoms with E-state index in [4.69, 9.17) is 4.74 Å². The molecule has 2 saturated carbocycles. The van der Waals surface area contributed by atoms with Gasteiger partial charge in [-0.2, -0.15) is 0 Å². The molecular weight excluding hydrogens is 140 g/mol. The van der Waals surface area contributed by atoms with Gasteiger partial charge in [0.15, 0.2) is 0 Å². The van der Waals surface area contributed by atoms with Crippen LogP contribution in [0, 0.1) is 5.41 Å². The number of hydrogen-bond acceptors (Lipinski definition) is 2. The highest BCUT2D eigenvalue weighted by Crippen LogP contribution is 2.57. The Morgan fingerprint density at radius 3 is 2.64 bits per heavy atom. The number of hydrogen-bond donors (Lipinski definition) is 1. The van der Waals surface area contributed by atoms with Gasteiger partial charge >= 0.3 is 0 Å². The summed E-state index contributed by atoms with van der Waals surface area (Å²) in [6, 6.07) is 0. The van der Waals surface area contributed by atoms with Crippen LogP contribution in [-0.2, 0) is 4.74 Å². The molecule has 0 aromatic heterocycles. The fourth-order valence-corrected chi connectivity index (χ4v) is 2.40. The fraction of sp³-hybridized carbons (Fsp3) is 1.00. The van der Waals surface area contributed by atoms with E-state index in [1.165, 1.54) is 19.3 Å². The van der Waals surface area contributed by atoms with Crippen molar-refractivity contribution in [3.63, 3.8) is 0 Å². The van der Waals surface area contributed by atoms with Crippen LogP contribution >= 0.6 is 0 Å². The Hall–Kier alpha value is -0.0800. The van der Waals surface area contributed by atoms with E-state index in [0.717, 1.165) is 13.0 Å². The van der Waals surface area contributed by atoms with Crippen LogP contribution in [0.15, 0.2) is 0 Å². The molecule has 0 aliphatic heterocycles. The van der Waals surface area contributed by atoms with Gasteiger partial charge in [0.1, 0.15) is 0 Å². The molecule has 11 heavy (non-hydrogen) atoms. The van der Waals surface area contributed by atoms with Crippen LogP contribution in [0.25, 0.3) is 0 Å². The highest BCUT2D eigenvalue weighted by Gasteiger charge is 2.58. The smallest absolute Gasteiger partial charge is 0.0680 e. The molecule has 0 radical (unpaired) electrons.